The SMILES string of the molecule is COc1cccc2cc(C(=O)Nc3ccncc3Cl)c(C)nc12. The van der Waals surface area contributed by atoms with Gasteiger partial charge in [-0.15, -0.1) is 0 Å². The molecule has 23 heavy (non-hydrogen) atoms. The lowest BCUT2D eigenvalue weighted by molar-refractivity contribution is 0.102. The van der Waals surface area contributed by atoms with E-state index in [0.29, 0.717) is 27.7 Å². The molecular weight excluding hydrogens is 314 g/mol. The van der Waals surface area contributed by atoms with E-state index in [1.165, 1.54) is 6.20 Å². The molecule has 3 rings (SSSR count). The molecule has 0 atom stereocenters. The molecule has 6 heteroatoms. The van der Waals surface area contributed by atoms with Gasteiger partial charge in [-0.3, -0.25) is 9.78 Å². The third-order valence-corrected chi connectivity index (χ3v) is 3.79. The number of hydrogen-bond donors (Lipinski definition) is 1. The lowest BCUT2D eigenvalue weighted by atomic mass is 10.1. The van der Waals surface area contributed by atoms with E-state index in [4.69, 9.17) is 16.3 Å². The zero-order valence-electron chi connectivity index (χ0n) is 12.6. The number of benzene rings is 1. The molecule has 1 N–H and O–H groups in total. The Balaban J connectivity index is 2.01. The second-order valence-corrected chi connectivity index (χ2v) is 5.37. The number of aryl methyl sites for hydroxylation is 1. The highest BCUT2D eigenvalue weighted by Gasteiger charge is 2.14. The van der Waals surface area contributed by atoms with Crippen molar-refractivity contribution in [2.24, 2.45) is 0 Å². The largest absolute Gasteiger partial charge is 0.494 e. The predicted molar refractivity (Wildman–Crippen MR) is 90.2 cm³/mol. The summed E-state index contributed by atoms with van der Waals surface area (Å²) in [7, 11) is 1.60. The highest BCUT2D eigenvalue weighted by molar-refractivity contribution is 6.33. The molecule has 2 aromatic heterocycles. The molecule has 0 saturated carbocycles. The van der Waals surface area contributed by atoms with Crippen molar-refractivity contribution >= 4 is 34.1 Å². The van der Waals surface area contributed by atoms with E-state index in [0.717, 1.165) is 10.9 Å². The van der Waals surface area contributed by atoms with E-state index in [1.54, 1.807) is 32.4 Å². The molecule has 0 bridgehead atoms. The van der Waals surface area contributed by atoms with Crippen LogP contribution in [0, 0.1) is 6.92 Å². The first-order valence-electron chi connectivity index (χ1n) is 6.95. The Hall–Kier alpha value is -2.66. The first kappa shape index (κ1) is 15.2. The summed E-state index contributed by atoms with van der Waals surface area (Å²) in [6.07, 6.45) is 3.05. The van der Waals surface area contributed by atoms with E-state index >= 15 is 0 Å². The van der Waals surface area contributed by atoms with Crippen LogP contribution >= 0.6 is 11.6 Å². The quantitative estimate of drug-likeness (QED) is 0.793. The molecule has 0 fully saturated rings. The molecule has 1 amide bonds. The number of amides is 1. The number of pyridine rings is 2. The smallest absolute Gasteiger partial charge is 0.257 e. The summed E-state index contributed by atoms with van der Waals surface area (Å²) >= 11 is 6.02. The molecule has 5 nitrogen and oxygen atoms in total. The van der Waals surface area contributed by atoms with E-state index in [2.05, 4.69) is 15.3 Å². The van der Waals surface area contributed by atoms with Crippen molar-refractivity contribution in [2.75, 3.05) is 12.4 Å². The summed E-state index contributed by atoms with van der Waals surface area (Å²) < 4.78 is 5.31. The number of anilines is 1. The molecular formula is C17H14ClN3O2. The summed E-state index contributed by atoms with van der Waals surface area (Å²) in [5, 5.41) is 4.00. The van der Waals surface area contributed by atoms with Gasteiger partial charge in [0.2, 0.25) is 0 Å². The number of aromatic nitrogens is 2. The molecule has 1 aromatic carbocycles. The number of para-hydroxylation sites is 1. The van der Waals surface area contributed by atoms with Crippen LogP contribution in [0.15, 0.2) is 42.7 Å². The molecule has 0 aliphatic heterocycles. The monoisotopic (exact) mass is 327 g/mol. The van der Waals surface area contributed by atoms with Gasteiger partial charge < -0.3 is 10.1 Å². The highest BCUT2D eigenvalue weighted by atomic mass is 35.5. The lowest BCUT2D eigenvalue weighted by Crippen LogP contribution is -2.14. The van der Waals surface area contributed by atoms with Crippen LogP contribution in [0.1, 0.15) is 16.1 Å². The zero-order valence-corrected chi connectivity index (χ0v) is 13.4. The van der Waals surface area contributed by atoms with Crippen LogP contribution in [0.3, 0.4) is 0 Å². The van der Waals surface area contributed by atoms with Crippen LogP contribution in [0.25, 0.3) is 10.9 Å². The van der Waals surface area contributed by atoms with Gasteiger partial charge in [-0.25, -0.2) is 4.98 Å². The minimum absolute atomic E-state index is 0.271. The van der Waals surface area contributed by atoms with Gasteiger partial charge in [0.25, 0.3) is 5.91 Å². The van der Waals surface area contributed by atoms with Crippen LogP contribution in [0.5, 0.6) is 5.75 Å². The van der Waals surface area contributed by atoms with Crippen molar-refractivity contribution in [3.05, 3.63) is 59.0 Å². The third-order valence-electron chi connectivity index (χ3n) is 3.48. The van der Waals surface area contributed by atoms with Crippen molar-refractivity contribution in [1.29, 1.82) is 0 Å². The van der Waals surface area contributed by atoms with Crippen LogP contribution < -0.4 is 10.1 Å². The first-order chi connectivity index (χ1) is 11.1. The zero-order chi connectivity index (χ0) is 16.4. The summed E-state index contributed by atoms with van der Waals surface area (Å²) in [6.45, 7) is 1.79. The molecule has 0 aliphatic carbocycles. The van der Waals surface area contributed by atoms with E-state index in [-0.39, 0.29) is 5.91 Å². The topological polar surface area (TPSA) is 64.1 Å². The van der Waals surface area contributed by atoms with Gasteiger partial charge in [0.15, 0.2) is 0 Å². The molecule has 3 aromatic rings. The van der Waals surface area contributed by atoms with Gasteiger partial charge in [-0.2, -0.15) is 0 Å². The molecule has 0 radical (unpaired) electrons. The fraction of sp³-hybridized carbons (Fsp3) is 0.118. The maximum absolute atomic E-state index is 12.5. The fourth-order valence-electron chi connectivity index (χ4n) is 2.32. The maximum Gasteiger partial charge on any atom is 0.257 e. The number of ether oxygens (including phenoxy) is 1. The van der Waals surface area contributed by atoms with Gasteiger partial charge in [-0.1, -0.05) is 23.7 Å². The van der Waals surface area contributed by atoms with Crippen LogP contribution in [0.2, 0.25) is 5.02 Å². The van der Waals surface area contributed by atoms with Gasteiger partial charge in [0.1, 0.15) is 11.3 Å². The molecule has 0 aliphatic rings. The Labute approximate surface area is 138 Å². The number of halogens is 1. The van der Waals surface area contributed by atoms with Crippen molar-refractivity contribution < 1.29 is 9.53 Å². The maximum atomic E-state index is 12.5. The number of hydrogen-bond acceptors (Lipinski definition) is 4. The molecule has 0 saturated heterocycles. The van der Waals surface area contributed by atoms with Gasteiger partial charge in [0.05, 0.1) is 29.1 Å². The van der Waals surface area contributed by atoms with Gasteiger partial charge in [-0.05, 0) is 25.1 Å². The van der Waals surface area contributed by atoms with Crippen molar-refractivity contribution in [3.63, 3.8) is 0 Å². The molecule has 0 unspecified atom stereocenters. The van der Waals surface area contributed by atoms with Gasteiger partial charge >= 0.3 is 0 Å². The second kappa shape index (κ2) is 6.22. The Morgan fingerprint density at radius 3 is 2.87 bits per heavy atom. The average molecular weight is 328 g/mol. The number of rotatable bonds is 3. The number of carbonyl (C=O) groups excluding carboxylic acids is 1. The summed E-state index contributed by atoms with van der Waals surface area (Å²) in [5.41, 5.74) is 2.34. The summed E-state index contributed by atoms with van der Waals surface area (Å²) in [4.78, 5) is 20.9. The highest BCUT2D eigenvalue weighted by Crippen LogP contribution is 2.26. The summed E-state index contributed by atoms with van der Waals surface area (Å²) in [6, 6.07) is 9.03. The Morgan fingerprint density at radius 1 is 1.30 bits per heavy atom. The normalized spacial score (nSPS) is 10.6. The number of fused-ring (bicyclic) bond motifs is 1. The van der Waals surface area contributed by atoms with Crippen molar-refractivity contribution in [2.45, 2.75) is 6.92 Å². The van der Waals surface area contributed by atoms with E-state index < -0.39 is 0 Å². The number of carbonyl (C=O) groups is 1. The minimum Gasteiger partial charge on any atom is -0.494 e. The number of methoxy groups -OCH3 is 1. The first-order valence-corrected chi connectivity index (χ1v) is 7.33. The molecule has 2 heterocycles. The molecule has 116 valence electrons. The van der Waals surface area contributed by atoms with Crippen LogP contribution in [0.4, 0.5) is 5.69 Å². The Morgan fingerprint density at radius 2 is 2.13 bits per heavy atom. The predicted octanol–water partition coefficient (Wildman–Crippen LogP) is 3.85. The third kappa shape index (κ3) is 2.96. The second-order valence-electron chi connectivity index (χ2n) is 4.96. The molecule has 0 spiro atoms. The lowest BCUT2D eigenvalue weighted by Gasteiger charge is -2.11. The number of nitrogens with zero attached hydrogens (tertiary/aromatic N) is 2. The van der Waals surface area contributed by atoms with Crippen LogP contribution in [-0.2, 0) is 0 Å². The van der Waals surface area contributed by atoms with Crippen molar-refractivity contribution in [3.8, 4) is 5.75 Å². The number of nitrogens with one attached hydrogen (secondary N) is 1. The Kier molecular flexibility index (Phi) is 4.12. The minimum atomic E-state index is -0.271. The average Bonchev–Trinajstić information content (AvgIpc) is 2.55. The fourth-order valence-corrected chi connectivity index (χ4v) is 2.49. The van der Waals surface area contributed by atoms with E-state index in [1.807, 2.05) is 18.2 Å². The van der Waals surface area contributed by atoms with E-state index in [9.17, 15) is 4.79 Å². The standard InChI is InChI=1S/C17H14ClN3O2/c1-10-12(17(22)21-14-6-7-19-9-13(14)18)8-11-4-3-5-15(23-2)16(11)20-10/h3-9H,1-2H3,(H,19,21,22). The van der Waals surface area contributed by atoms with Crippen molar-refractivity contribution in [1.82, 2.24) is 9.97 Å². The van der Waals surface area contributed by atoms with Crippen LogP contribution in [-0.4, -0.2) is 23.0 Å². The Bertz CT molecular complexity index is 896. The summed E-state index contributed by atoms with van der Waals surface area (Å²) in [5.74, 6) is 0.405. The van der Waals surface area contributed by atoms with Gasteiger partial charge in [0, 0.05) is 17.8 Å².